The minimum Gasteiger partial charge on any atom is -0.396 e. The molecular weight excluding hydrogens is 209 g/mol. The van der Waals surface area contributed by atoms with Crippen molar-refractivity contribution in [3.05, 3.63) is 10.6 Å². The molecule has 0 aromatic carbocycles. The third-order valence-corrected chi connectivity index (χ3v) is 2.51. The molecule has 0 bridgehead atoms. The van der Waals surface area contributed by atoms with E-state index in [1.807, 2.05) is 0 Å². The molecule has 0 spiro atoms. The Bertz CT molecular complexity index is 160. The molecule has 0 rings (SSSR count). The Hall–Kier alpha value is 0.240. The highest BCUT2D eigenvalue weighted by molar-refractivity contribution is 6.36. The lowest BCUT2D eigenvalue weighted by molar-refractivity contribution is 0.247. The maximum absolute atomic E-state index is 8.79. The summed E-state index contributed by atoms with van der Waals surface area (Å²) < 4.78 is 0. The van der Waals surface area contributed by atoms with Crippen LogP contribution < -0.4 is 5.32 Å². The molecule has 0 fully saturated rings. The van der Waals surface area contributed by atoms with Crippen molar-refractivity contribution in [1.29, 1.82) is 0 Å². The van der Waals surface area contributed by atoms with E-state index >= 15 is 0 Å². The molecule has 0 radical (unpaired) electrons. The number of rotatable bonds is 6. The van der Waals surface area contributed by atoms with E-state index in [2.05, 4.69) is 19.2 Å². The molecule has 0 heterocycles. The number of hydrogen-bond donors (Lipinski definition) is 2. The molecular formula is C9H17Cl2NO. The van der Waals surface area contributed by atoms with E-state index in [1.165, 1.54) is 5.54 Å². The summed E-state index contributed by atoms with van der Waals surface area (Å²) in [6.07, 6.45) is 0.740. The van der Waals surface area contributed by atoms with Crippen LogP contribution in [0.4, 0.5) is 0 Å². The average Bonchev–Trinajstić information content (AvgIpc) is 2.11. The summed E-state index contributed by atoms with van der Waals surface area (Å²) in [5, 5.41) is 12.6. The van der Waals surface area contributed by atoms with Crippen molar-refractivity contribution < 1.29 is 5.11 Å². The van der Waals surface area contributed by atoms with Crippen molar-refractivity contribution in [2.45, 2.75) is 26.3 Å². The number of nitrogens with one attached hydrogen (secondary N) is 1. The average molecular weight is 226 g/mol. The summed E-state index contributed by atoms with van der Waals surface area (Å²) >= 11 is 11.1. The Labute approximate surface area is 89.9 Å². The van der Waals surface area contributed by atoms with Crippen LogP contribution in [0.5, 0.6) is 0 Å². The smallest absolute Gasteiger partial charge is 0.0445 e. The lowest BCUT2D eigenvalue weighted by Crippen LogP contribution is -2.35. The van der Waals surface area contributed by atoms with E-state index in [-0.39, 0.29) is 12.6 Å². The quantitative estimate of drug-likeness (QED) is 0.728. The first-order valence-corrected chi connectivity index (χ1v) is 5.22. The topological polar surface area (TPSA) is 32.3 Å². The molecule has 0 aliphatic heterocycles. The Morgan fingerprint density at radius 3 is 2.54 bits per heavy atom. The normalized spacial score (nSPS) is 15.1. The molecule has 4 heteroatoms. The van der Waals surface area contributed by atoms with Crippen molar-refractivity contribution in [2.75, 3.05) is 13.2 Å². The second kappa shape index (κ2) is 7.63. The molecule has 13 heavy (non-hydrogen) atoms. The van der Waals surface area contributed by atoms with E-state index in [0.717, 1.165) is 6.42 Å². The molecule has 0 aliphatic carbocycles. The predicted molar refractivity (Wildman–Crippen MR) is 58.1 cm³/mol. The van der Waals surface area contributed by atoms with Gasteiger partial charge in [0.2, 0.25) is 0 Å². The zero-order valence-corrected chi connectivity index (χ0v) is 9.57. The van der Waals surface area contributed by atoms with Crippen LogP contribution in [-0.2, 0) is 0 Å². The van der Waals surface area contributed by atoms with Crippen LogP contribution in [0.2, 0.25) is 0 Å². The van der Waals surface area contributed by atoms with E-state index in [1.54, 1.807) is 0 Å². The lowest BCUT2D eigenvalue weighted by Gasteiger charge is -2.21. The van der Waals surface area contributed by atoms with E-state index in [9.17, 15) is 0 Å². The standard InChI is InChI=1S/C9H17Cl2NO/c1-7(2)9(3-4-13)12-6-8(11)5-10/h5,7,9,12-13H,3-4,6H2,1-2H3. The largest absolute Gasteiger partial charge is 0.396 e. The third kappa shape index (κ3) is 6.33. The van der Waals surface area contributed by atoms with Crippen LogP contribution in [0.15, 0.2) is 10.6 Å². The fourth-order valence-corrected chi connectivity index (χ4v) is 1.23. The van der Waals surface area contributed by atoms with Gasteiger partial charge in [0.05, 0.1) is 0 Å². The zero-order valence-electron chi connectivity index (χ0n) is 8.06. The first-order valence-electron chi connectivity index (χ1n) is 4.40. The van der Waals surface area contributed by atoms with Gasteiger partial charge in [0.1, 0.15) is 0 Å². The summed E-state index contributed by atoms with van der Waals surface area (Å²) in [7, 11) is 0. The molecule has 2 nitrogen and oxygen atoms in total. The monoisotopic (exact) mass is 225 g/mol. The summed E-state index contributed by atoms with van der Waals surface area (Å²) in [6, 6.07) is 0.287. The Morgan fingerprint density at radius 2 is 2.15 bits per heavy atom. The lowest BCUT2D eigenvalue weighted by atomic mass is 10.0. The van der Waals surface area contributed by atoms with Gasteiger partial charge >= 0.3 is 0 Å². The third-order valence-electron chi connectivity index (χ3n) is 1.90. The summed E-state index contributed by atoms with van der Waals surface area (Å²) in [5.41, 5.74) is 1.35. The van der Waals surface area contributed by atoms with E-state index in [0.29, 0.717) is 17.5 Å². The molecule has 0 saturated heterocycles. The van der Waals surface area contributed by atoms with Gasteiger partial charge in [-0.05, 0) is 12.3 Å². The van der Waals surface area contributed by atoms with Crippen LogP contribution in [0.1, 0.15) is 20.3 Å². The Balaban J connectivity index is 3.82. The highest BCUT2D eigenvalue weighted by Crippen LogP contribution is 2.08. The van der Waals surface area contributed by atoms with E-state index in [4.69, 9.17) is 28.3 Å². The highest BCUT2D eigenvalue weighted by Gasteiger charge is 2.11. The van der Waals surface area contributed by atoms with Gasteiger partial charge in [0.25, 0.3) is 0 Å². The van der Waals surface area contributed by atoms with Crippen molar-refractivity contribution in [1.82, 2.24) is 5.32 Å². The fourth-order valence-electron chi connectivity index (χ4n) is 1.08. The number of aliphatic hydroxyl groups excluding tert-OH is 1. The van der Waals surface area contributed by atoms with Crippen molar-refractivity contribution in [3.63, 3.8) is 0 Å². The zero-order chi connectivity index (χ0) is 10.3. The number of hydrogen-bond acceptors (Lipinski definition) is 2. The van der Waals surface area contributed by atoms with Gasteiger partial charge in [-0.1, -0.05) is 37.0 Å². The van der Waals surface area contributed by atoms with Crippen molar-refractivity contribution in [2.24, 2.45) is 5.92 Å². The summed E-state index contributed by atoms with van der Waals surface area (Å²) in [4.78, 5) is 0. The van der Waals surface area contributed by atoms with Gasteiger partial charge in [-0.3, -0.25) is 0 Å². The van der Waals surface area contributed by atoms with Crippen molar-refractivity contribution >= 4 is 23.2 Å². The molecule has 78 valence electrons. The van der Waals surface area contributed by atoms with Crippen LogP contribution in [0, 0.1) is 5.92 Å². The highest BCUT2D eigenvalue weighted by atomic mass is 35.5. The molecule has 1 unspecified atom stereocenters. The van der Waals surface area contributed by atoms with E-state index < -0.39 is 0 Å². The molecule has 0 aromatic rings. The molecule has 0 aliphatic rings. The van der Waals surface area contributed by atoms with Gasteiger partial charge in [0, 0.05) is 29.8 Å². The van der Waals surface area contributed by atoms with Gasteiger partial charge in [-0.2, -0.15) is 0 Å². The maximum Gasteiger partial charge on any atom is 0.0445 e. The van der Waals surface area contributed by atoms with Gasteiger partial charge in [-0.25, -0.2) is 0 Å². The molecule has 0 aromatic heterocycles. The molecule has 1 atom stereocenters. The molecule has 0 saturated carbocycles. The summed E-state index contributed by atoms with van der Waals surface area (Å²) in [5.74, 6) is 0.479. The first-order chi connectivity index (χ1) is 6.11. The Kier molecular flexibility index (Phi) is 7.77. The minimum atomic E-state index is 0.193. The van der Waals surface area contributed by atoms with Crippen LogP contribution in [-0.4, -0.2) is 24.3 Å². The minimum absolute atomic E-state index is 0.193. The number of halogens is 2. The number of aliphatic hydroxyl groups is 1. The fraction of sp³-hybridized carbons (Fsp3) is 0.778. The maximum atomic E-state index is 8.79. The Morgan fingerprint density at radius 1 is 1.54 bits per heavy atom. The SMILES string of the molecule is CC(C)C(CCO)NCC(Cl)=CCl. The summed E-state index contributed by atoms with van der Waals surface area (Å²) in [6.45, 7) is 4.96. The predicted octanol–water partition coefficient (Wildman–Crippen LogP) is 2.30. The van der Waals surface area contributed by atoms with Crippen LogP contribution in [0.3, 0.4) is 0 Å². The second-order valence-electron chi connectivity index (χ2n) is 3.30. The van der Waals surface area contributed by atoms with Crippen LogP contribution >= 0.6 is 23.2 Å². The second-order valence-corrected chi connectivity index (χ2v) is 4.00. The van der Waals surface area contributed by atoms with Gasteiger partial charge in [0.15, 0.2) is 0 Å². The molecule has 2 N–H and O–H groups in total. The first kappa shape index (κ1) is 13.2. The van der Waals surface area contributed by atoms with Gasteiger partial charge < -0.3 is 10.4 Å². The van der Waals surface area contributed by atoms with Crippen molar-refractivity contribution in [3.8, 4) is 0 Å². The molecule has 0 amide bonds. The van der Waals surface area contributed by atoms with Crippen LogP contribution in [0.25, 0.3) is 0 Å². The van der Waals surface area contributed by atoms with Gasteiger partial charge in [-0.15, -0.1) is 0 Å².